The van der Waals surface area contributed by atoms with Gasteiger partial charge in [0.2, 0.25) is 5.91 Å². The van der Waals surface area contributed by atoms with Gasteiger partial charge in [-0.15, -0.1) is 0 Å². The van der Waals surface area contributed by atoms with E-state index in [0.29, 0.717) is 63.1 Å². The number of fused-ring (bicyclic) bond motifs is 2. The lowest BCUT2D eigenvalue weighted by molar-refractivity contribution is -0.116. The molecule has 7 rings (SSSR count). The minimum absolute atomic E-state index is 0.111. The first-order valence-corrected chi connectivity index (χ1v) is 18.1. The van der Waals surface area contributed by atoms with Crippen LogP contribution in [0.2, 0.25) is 0 Å². The molecule has 3 aromatic carbocycles. The second-order valence-corrected chi connectivity index (χ2v) is 14.0. The molecule has 0 unspecified atom stereocenters. The van der Waals surface area contributed by atoms with E-state index in [1.807, 2.05) is 30.3 Å². The van der Waals surface area contributed by atoms with Crippen LogP contribution < -0.4 is 19.4 Å². The number of carbonyl (C=O) groups excluding carboxylic acids is 2. The summed E-state index contributed by atoms with van der Waals surface area (Å²) in [6, 6.07) is 24.5. The molecule has 2 atom stereocenters. The van der Waals surface area contributed by atoms with Gasteiger partial charge in [0.05, 0.1) is 30.8 Å². The van der Waals surface area contributed by atoms with Crippen molar-refractivity contribution in [3.63, 3.8) is 0 Å². The van der Waals surface area contributed by atoms with Gasteiger partial charge in [-0.25, -0.2) is 4.79 Å². The van der Waals surface area contributed by atoms with Crippen LogP contribution in [-0.4, -0.2) is 96.8 Å². The van der Waals surface area contributed by atoms with Gasteiger partial charge in [0.1, 0.15) is 18.9 Å². The zero-order valence-electron chi connectivity index (χ0n) is 30.2. The number of likely N-dealkylation sites (N-methyl/N-ethyl adjacent to an activating group) is 1. The van der Waals surface area contributed by atoms with Crippen LogP contribution in [0.25, 0.3) is 10.8 Å². The van der Waals surface area contributed by atoms with Gasteiger partial charge in [0.15, 0.2) is 5.82 Å². The summed E-state index contributed by atoms with van der Waals surface area (Å²) in [4.78, 5) is 47.0. The summed E-state index contributed by atoms with van der Waals surface area (Å²) in [6.45, 7) is 7.87. The number of nitrogens with zero attached hydrogens (tertiary/aromatic N) is 8. The van der Waals surface area contributed by atoms with Gasteiger partial charge in [-0.3, -0.25) is 4.79 Å². The lowest BCUT2D eigenvalue weighted by Gasteiger charge is -2.41. The lowest BCUT2D eigenvalue weighted by atomic mass is 10.0. The Morgan fingerprint density at radius 2 is 1.71 bits per heavy atom. The fraction of sp³-hybridized carbons (Fsp3) is 0.425. The highest BCUT2D eigenvalue weighted by molar-refractivity contribution is 5.98. The molecule has 12 nitrogen and oxygen atoms in total. The second kappa shape index (κ2) is 15.5. The Morgan fingerprint density at radius 3 is 2.46 bits per heavy atom. The van der Waals surface area contributed by atoms with E-state index >= 15 is 0 Å². The van der Waals surface area contributed by atoms with Crippen LogP contribution in [0.1, 0.15) is 43.0 Å². The van der Waals surface area contributed by atoms with Crippen molar-refractivity contribution >= 4 is 40.0 Å². The number of hydrogen-bond acceptors (Lipinski definition) is 10. The predicted molar refractivity (Wildman–Crippen MR) is 201 cm³/mol. The quantitative estimate of drug-likeness (QED) is 0.232. The predicted octanol–water partition coefficient (Wildman–Crippen LogP) is 5.53. The van der Waals surface area contributed by atoms with E-state index in [1.54, 1.807) is 16.7 Å². The third-order valence-corrected chi connectivity index (χ3v) is 10.6. The molecule has 12 heteroatoms. The summed E-state index contributed by atoms with van der Waals surface area (Å²) in [5.74, 6) is 0.464. The summed E-state index contributed by atoms with van der Waals surface area (Å²) in [7, 11) is 2.11. The lowest BCUT2D eigenvalue weighted by Crippen LogP contribution is -2.55. The number of carbonyl (C=O) groups is 2. The van der Waals surface area contributed by atoms with Gasteiger partial charge in [-0.05, 0) is 55.9 Å². The SMILES string of the molecule is CC(=O)N1CCN(c2cccc3cccc(C)c23)Cc2nc(OC[C@@H]3CCCN3C)nc(N3CCN(C(=O)OCc4ccccc4)[C@@H](CC#N)C3)c21. The smallest absolute Gasteiger partial charge is 0.410 e. The number of aryl methyl sites for hydroxylation is 1. The van der Waals surface area contributed by atoms with Crippen LogP contribution in [0.3, 0.4) is 0 Å². The molecule has 4 aromatic rings. The second-order valence-electron chi connectivity index (χ2n) is 14.0. The Labute approximate surface area is 305 Å². The van der Waals surface area contributed by atoms with Gasteiger partial charge in [-0.2, -0.15) is 15.2 Å². The highest BCUT2D eigenvalue weighted by Crippen LogP contribution is 2.39. The highest BCUT2D eigenvalue weighted by atomic mass is 16.6. The number of aromatic nitrogens is 2. The third kappa shape index (κ3) is 7.32. The van der Waals surface area contributed by atoms with Crippen LogP contribution >= 0.6 is 0 Å². The van der Waals surface area contributed by atoms with Crippen LogP contribution in [-0.2, 0) is 22.7 Å². The van der Waals surface area contributed by atoms with E-state index in [4.69, 9.17) is 19.4 Å². The Hall–Kier alpha value is -5.41. The minimum Gasteiger partial charge on any atom is -0.462 e. The molecular formula is C40H46N8O4. The molecule has 52 heavy (non-hydrogen) atoms. The van der Waals surface area contributed by atoms with Gasteiger partial charge < -0.3 is 34.0 Å². The first-order chi connectivity index (χ1) is 25.3. The fourth-order valence-electron chi connectivity index (χ4n) is 7.75. The van der Waals surface area contributed by atoms with Crippen molar-refractivity contribution in [3.8, 4) is 12.1 Å². The maximum Gasteiger partial charge on any atom is 0.410 e. The molecule has 2 saturated heterocycles. The van der Waals surface area contributed by atoms with Crippen molar-refractivity contribution in [3.05, 3.63) is 83.6 Å². The van der Waals surface area contributed by atoms with Gasteiger partial charge in [-0.1, -0.05) is 60.7 Å². The number of benzene rings is 3. The normalized spacial score (nSPS) is 19.3. The van der Waals surface area contributed by atoms with Gasteiger partial charge in [0.25, 0.3) is 0 Å². The summed E-state index contributed by atoms with van der Waals surface area (Å²) in [5.41, 5.74) is 4.49. The fourth-order valence-corrected chi connectivity index (χ4v) is 7.75. The molecule has 4 heterocycles. The highest BCUT2D eigenvalue weighted by Gasteiger charge is 2.37. The van der Waals surface area contributed by atoms with Crippen LogP contribution in [0, 0.1) is 18.3 Å². The van der Waals surface area contributed by atoms with E-state index in [0.717, 1.165) is 36.0 Å². The molecule has 0 N–H and O–H groups in total. The first kappa shape index (κ1) is 35.0. The van der Waals surface area contributed by atoms with E-state index in [2.05, 4.69) is 71.1 Å². The van der Waals surface area contributed by atoms with Crippen molar-refractivity contribution in [2.24, 2.45) is 0 Å². The Morgan fingerprint density at radius 1 is 0.923 bits per heavy atom. The summed E-state index contributed by atoms with van der Waals surface area (Å²) in [6.07, 6.45) is 1.82. The molecule has 3 aliphatic heterocycles. The molecule has 0 bridgehead atoms. The van der Waals surface area contributed by atoms with Crippen LogP contribution in [0.5, 0.6) is 6.01 Å². The number of anilines is 3. The van der Waals surface area contributed by atoms with E-state index in [-0.39, 0.29) is 31.0 Å². The van der Waals surface area contributed by atoms with Crippen LogP contribution in [0.15, 0.2) is 66.7 Å². The minimum atomic E-state index is -0.457. The number of piperazine rings is 1. The Kier molecular flexibility index (Phi) is 10.4. The van der Waals surface area contributed by atoms with Crippen molar-refractivity contribution in [1.82, 2.24) is 19.8 Å². The molecule has 1 aromatic heterocycles. The standard InChI is InChI=1S/C40H46N8O4/c1-28-10-7-13-31-14-8-16-35(36(28)31)45-20-22-47(29(2)49)37-34(25-45)42-39(51-27-33-15-9-19-44(33)3)43-38(37)46-21-23-48(32(24-46)17-18-41)40(50)52-26-30-11-5-4-6-12-30/h4-8,10-14,16,32-33H,9,15,17,19-27H2,1-3H3/t32-,33-/m0/s1. The number of ether oxygens (including phenoxy) is 2. The van der Waals surface area contributed by atoms with Gasteiger partial charge in [0, 0.05) is 56.8 Å². The zero-order chi connectivity index (χ0) is 36.2. The van der Waals surface area contributed by atoms with E-state index in [1.165, 1.54) is 10.9 Å². The maximum atomic E-state index is 13.5. The van der Waals surface area contributed by atoms with Crippen molar-refractivity contribution in [2.45, 2.75) is 58.3 Å². The van der Waals surface area contributed by atoms with Crippen LogP contribution in [0.4, 0.5) is 22.0 Å². The average molecular weight is 703 g/mol. The summed E-state index contributed by atoms with van der Waals surface area (Å²) < 4.78 is 12.1. The summed E-state index contributed by atoms with van der Waals surface area (Å²) in [5, 5.41) is 12.2. The monoisotopic (exact) mass is 702 g/mol. The molecular weight excluding hydrogens is 656 g/mol. The molecule has 0 radical (unpaired) electrons. The van der Waals surface area contributed by atoms with Gasteiger partial charge >= 0.3 is 12.1 Å². The summed E-state index contributed by atoms with van der Waals surface area (Å²) >= 11 is 0. The topological polar surface area (TPSA) is 118 Å². The number of likely N-dealkylation sites (tertiary alicyclic amines) is 1. The molecule has 270 valence electrons. The number of rotatable bonds is 8. The molecule has 2 fully saturated rings. The average Bonchev–Trinajstić information content (AvgIpc) is 3.46. The van der Waals surface area contributed by atoms with Crippen molar-refractivity contribution in [2.75, 3.05) is 67.6 Å². The number of amides is 2. The molecule has 0 spiro atoms. The number of hydrogen-bond donors (Lipinski definition) is 0. The third-order valence-electron chi connectivity index (χ3n) is 10.6. The first-order valence-electron chi connectivity index (χ1n) is 18.1. The molecule has 0 saturated carbocycles. The largest absolute Gasteiger partial charge is 0.462 e. The molecule has 2 amide bonds. The van der Waals surface area contributed by atoms with Crippen molar-refractivity contribution < 1.29 is 19.1 Å². The maximum absolute atomic E-state index is 13.5. The molecule has 0 aliphatic carbocycles. The van der Waals surface area contributed by atoms with E-state index in [9.17, 15) is 14.9 Å². The Balaban J connectivity index is 1.24. The molecule has 3 aliphatic rings. The number of nitriles is 1. The zero-order valence-corrected chi connectivity index (χ0v) is 30.2. The van der Waals surface area contributed by atoms with Crippen molar-refractivity contribution in [1.29, 1.82) is 5.26 Å². The van der Waals surface area contributed by atoms with E-state index < -0.39 is 12.1 Å². The Bertz CT molecular complexity index is 1960.